The molecule has 1 aromatic rings. The van der Waals surface area contributed by atoms with Crippen molar-refractivity contribution in [2.75, 3.05) is 13.2 Å². The van der Waals surface area contributed by atoms with E-state index < -0.39 is 31.0 Å². The van der Waals surface area contributed by atoms with Crippen LogP contribution < -0.4 is 5.32 Å². The van der Waals surface area contributed by atoms with E-state index in [4.69, 9.17) is 21.8 Å². The zero-order valence-electron chi connectivity index (χ0n) is 8.28. The normalized spacial score (nSPS) is 10.6. The first-order valence-corrected chi connectivity index (χ1v) is 4.94. The highest BCUT2D eigenvalue weighted by Gasteiger charge is 2.18. The Morgan fingerprint density at radius 2 is 2.06 bits per heavy atom. The number of carbonyl (C=O) groups is 1. The van der Waals surface area contributed by atoms with Gasteiger partial charge < -0.3 is 15.5 Å². The molecule has 88 valence electrons. The molecule has 0 aromatic heterocycles. The van der Waals surface area contributed by atoms with Gasteiger partial charge in [-0.05, 0) is 12.1 Å². The highest BCUT2D eigenvalue weighted by molar-refractivity contribution is 6.33. The van der Waals surface area contributed by atoms with E-state index in [2.05, 4.69) is 5.32 Å². The fourth-order valence-electron chi connectivity index (χ4n) is 1.12. The van der Waals surface area contributed by atoms with Crippen molar-refractivity contribution in [1.82, 2.24) is 5.32 Å². The Kier molecular flexibility index (Phi) is 4.67. The number of halogens is 2. The van der Waals surface area contributed by atoms with Gasteiger partial charge >= 0.3 is 0 Å². The number of hydrogen-bond acceptors (Lipinski definition) is 3. The molecule has 6 heteroatoms. The van der Waals surface area contributed by atoms with Crippen LogP contribution in [0.4, 0.5) is 4.39 Å². The molecule has 0 unspecified atom stereocenters. The van der Waals surface area contributed by atoms with Crippen molar-refractivity contribution in [3.8, 4) is 0 Å². The fourth-order valence-corrected chi connectivity index (χ4v) is 1.37. The van der Waals surface area contributed by atoms with E-state index in [9.17, 15) is 9.18 Å². The second-order valence-electron chi connectivity index (χ2n) is 3.13. The summed E-state index contributed by atoms with van der Waals surface area (Å²) in [6, 6.07) is 3.03. The highest BCUT2D eigenvalue weighted by atomic mass is 35.5. The van der Waals surface area contributed by atoms with E-state index in [0.29, 0.717) is 0 Å². The Bertz CT molecular complexity index is 362. The Labute approximate surface area is 96.7 Å². The predicted molar refractivity (Wildman–Crippen MR) is 56.8 cm³/mol. The standard InChI is InChI=1S/C10H11ClFNO3/c11-7-2-1-3-8(12)9(7)10(16)13-6(4-14)5-15/h1-3,6,14-15H,4-5H2,(H,13,16). The van der Waals surface area contributed by atoms with Crippen LogP contribution in [-0.4, -0.2) is 35.4 Å². The number of rotatable bonds is 4. The lowest BCUT2D eigenvalue weighted by molar-refractivity contribution is 0.0875. The van der Waals surface area contributed by atoms with Crippen LogP contribution in [0.5, 0.6) is 0 Å². The quantitative estimate of drug-likeness (QED) is 0.728. The topological polar surface area (TPSA) is 69.6 Å². The van der Waals surface area contributed by atoms with E-state index in [-0.39, 0.29) is 10.6 Å². The maximum absolute atomic E-state index is 13.3. The zero-order valence-corrected chi connectivity index (χ0v) is 9.04. The molecule has 0 aliphatic carbocycles. The van der Waals surface area contributed by atoms with Crippen molar-refractivity contribution >= 4 is 17.5 Å². The average Bonchev–Trinajstić information content (AvgIpc) is 2.25. The van der Waals surface area contributed by atoms with Crippen LogP contribution in [0.2, 0.25) is 5.02 Å². The molecular formula is C10H11ClFNO3. The molecule has 0 spiro atoms. The third kappa shape index (κ3) is 2.91. The van der Waals surface area contributed by atoms with Crippen LogP contribution in [-0.2, 0) is 0 Å². The first-order chi connectivity index (χ1) is 7.60. The van der Waals surface area contributed by atoms with Crippen molar-refractivity contribution in [3.05, 3.63) is 34.6 Å². The molecule has 0 saturated carbocycles. The summed E-state index contributed by atoms with van der Waals surface area (Å²) < 4.78 is 13.3. The first-order valence-electron chi connectivity index (χ1n) is 4.56. The van der Waals surface area contributed by atoms with Gasteiger partial charge in [0.05, 0.1) is 29.8 Å². The molecule has 0 radical (unpaired) electrons. The number of carbonyl (C=O) groups excluding carboxylic acids is 1. The molecule has 16 heavy (non-hydrogen) atoms. The summed E-state index contributed by atoms with van der Waals surface area (Å²) in [4.78, 5) is 11.6. The van der Waals surface area contributed by atoms with Crippen LogP contribution in [0.1, 0.15) is 10.4 Å². The predicted octanol–water partition coefficient (Wildman–Crippen LogP) is 0.562. The van der Waals surface area contributed by atoms with Gasteiger partial charge in [0.2, 0.25) is 0 Å². The van der Waals surface area contributed by atoms with E-state index >= 15 is 0 Å². The third-order valence-corrected chi connectivity index (χ3v) is 2.28. The van der Waals surface area contributed by atoms with Gasteiger partial charge in [-0.2, -0.15) is 0 Å². The molecule has 0 fully saturated rings. The van der Waals surface area contributed by atoms with Crippen molar-refractivity contribution < 1.29 is 19.4 Å². The number of benzene rings is 1. The lowest BCUT2D eigenvalue weighted by atomic mass is 10.2. The molecule has 1 aromatic carbocycles. The molecule has 0 aliphatic heterocycles. The first kappa shape index (κ1) is 12.9. The van der Waals surface area contributed by atoms with E-state index in [1.165, 1.54) is 12.1 Å². The Morgan fingerprint density at radius 1 is 1.44 bits per heavy atom. The van der Waals surface area contributed by atoms with Crippen LogP contribution in [0.15, 0.2) is 18.2 Å². The Morgan fingerprint density at radius 3 is 2.56 bits per heavy atom. The minimum atomic E-state index is -0.830. The van der Waals surface area contributed by atoms with Crippen LogP contribution >= 0.6 is 11.6 Å². The van der Waals surface area contributed by atoms with Crippen LogP contribution in [0.3, 0.4) is 0 Å². The highest BCUT2D eigenvalue weighted by Crippen LogP contribution is 2.18. The lowest BCUT2D eigenvalue weighted by Gasteiger charge is -2.14. The van der Waals surface area contributed by atoms with E-state index in [1.54, 1.807) is 0 Å². The summed E-state index contributed by atoms with van der Waals surface area (Å²) in [5, 5.41) is 19.7. The van der Waals surface area contributed by atoms with Gasteiger partial charge in [-0.15, -0.1) is 0 Å². The van der Waals surface area contributed by atoms with Gasteiger partial charge in [-0.3, -0.25) is 4.79 Å². The summed E-state index contributed by atoms with van der Waals surface area (Å²) in [6.07, 6.45) is 0. The molecule has 1 rings (SSSR count). The van der Waals surface area contributed by atoms with Crippen LogP contribution in [0.25, 0.3) is 0 Å². The molecular weight excluding hydrogens is 237 g/mol. The minimum Gasteiger partial charge on any atom is -0.394 e. The number of hydrogen-bond donors (Lipinski definition) is 3. The van der Waals surface area contributed by atoms with E-state index in [1.807, 2.05) is 0 Å². The third-order valence-electron chi connectivity index (χ3n) is 1.97. The smallest absolute Gasteiger partial charge is 0.256 e. The largest absolute Gasteiger partial charge is 0.394 e. The minimum absolute atomic E-state index is 0.0212. The average molecular weight is 248 g/mol. The SMILES string of the molecule is O=C(NC(CO)CO)c1c(F)cccc1Cl. The Hall–Kier alpha value is -1.17. The fraction of sp³-hybridized carbons (Fsp3) is 0.300. The number of nitrogens with one attached hydrogen (secondary N) is 1. The summed E-state index contributed by atoms with van der Waals surface area (Å²) in [7, 11) is 0. The molecule has 3 N–H and O–H groups in total. The summed E-state index contributed by atoms with van der Waals surface area (Å²) >= 11 is 5.67. The summed E-state index contributed by atoms with van der Waals surface area (Å²) in [5.41, 5.74) is -0.295. The second-order valence-corrected chi connectivity index (χ2v) is 3.54. The van der Waals surface area contributed by atoms with Gasteiger partial charge in [0.1, 0.15) is 5.82 Å². The van der Waals surface area contributed by atoms with Crippen molar-refractivity contribution in [1.29, 1.82) is 0 Å². The van der Waals surface area contributed by atoms with Gasteiger partial charge in [-0.25, -0.2) is 4.39 Å². The number of aliphatic hydroxyl groups is 2. The molecule has 0 heterocycles. The van der Waals surface area contributed by atoms with Crippen molar-refractivity contribution in [2.45, 2.75) is 6.04 Å². The lowest BCUT2D eigenvalue weighted by Crippen LogP contribution is -2.40. The van der Waals surface area contributed by atoms with Gasteiger partial charge in [0, 0.05) is 0 Å². The monoisotopic (exact) mass is 247 g/mol. The number of amides is 1. The molecule has 0 bridgehead atoms. The van der Waals surface area contributed by atoms with Crippen LogP contribution in [0, 0.1) is 5.82 Å². The Balaban J connectivity index is 2.88. The number of aliphatic hydroxyl groups excluding tert-OH is 2. The maximum atomic E-state index is 13.3. The van der Waals surface area contributed by atoms with Gasteiger partial charge in [0.15, 0.2) is 0 Å². The maximum Gasteiger partial charge on any atom is 0.256 e. The van der Waals surface area contributed by atoms with Crippen molar-refractivity contribution in [2.24, 2.45) is 0 Å². The van der Waals surface area contributed by atoms with Crippen molar-refractivity contribution in [3.63, 3.8) is 0 Å². The van der Waals surface area contributed by atoms with Gasteiger partial charge in [-0.1, -0.05) is 17.7 Å². The van der Waals surface area contributed by atoms with Gasteiger partial charge in [0.25, 0.3) is 5.91 Å². The second kappa shape index (κ2) is 5.79. The molecule has 1 amide bonds. The molecule has 0 atom stereocenters. The molecule has 4 nitrogen and oxygen atoms in total. The zero-order chi connectivity index (χ0) is 12.1. The molecule has 0 aliphatic rings. The molecule has 0 saturated heterocycles. The summed E-state index contributed by atoms with van der Waals surface area (Å²) in [6.45, 7) is -0.872. The van der Waals surface area contributed by atoms with E-state index in [0.717, 1.165) is 6.07 Å². The summed E-state index contributed by atoms with van der Waals surface area (Å²) in [5.74, 6) is -1.52.